The molecular formula is C18H30N2. The van der Waals surface area contributed by atoms with Gasteiger partial charge in [0.25, 0.3) is 0 Å². The van der Waals surface area contributed by atoms with Gasteiger partial charge in [-0.25, -0.2) is 0 Å². The highest BCUT2D eigenvalue weighted by molar-refractivity contribution is 5.14. The Morgan fingerprint density at radius 1 is 1.20 bits per heavy atom. The van der Waals surface area contributed by atoms with Crippen molar-refractivity contribution in [1.29, 1.82) is 0 Å². The molecule has 0 saturated carbocycles. The summed E-state index contributed by atoms with van der Waals surface area (Å²) < 4.78 is 0. The van der Waals surface area contributed by atoms with Crippen LogP contribution < -0.4 is 5.32 Å². The highest BCUT2D eigenvalue weighted by Crippen LogP contribution is 2.22. The fourth-order valence-corrected chi connectivity index (χ4v) is 3.14. The molecule has 1 N–H and O–H groups in total. The van der Waals surface area contributed by atoms with E-state index < -0.39 is 0 Å². The first-order valence-corrected chi connectivity index (χ1v) is 8.27. The molecule has 0 amide bonds. The first-order valence-electron chi connectivity index (χ1n) is 8.27. The Bertz CT molecular complexity index is 361. The Labute approximate surface area is 124 Å². The molecule has 112 valence electrons. The van der Waals surface area contributed by atoms with Crippen molar-refractivity contribution in [2.24, 2.45) is 0 Å². The van der Waals surface area contributed by atoms with Crippen molar-refractivity contribution < 1.29 is 0 Å². The van der Waals surface area contributed by atoms with E-state index in [1.165, 1.54) is 44.2 Å². The Kier molecular flexibility index (Phi) is 6.55. The third kappa shape index (κ3) is 5.26. The summed E-state index contributed by atoms with van der Waals surface area (Å²) in [6.07, 6.45) is 6.80. The third-order valence-corrected chi connectivity index (χ3v) is 4.24. The van der Waals surface area contributed by atoms with Gasteiger partial charge in [0.1, 0.15) is 0 Å². The van der Waals surface area contributed by atoms with Crippen LogP contribution in [0, 0.1) is 0 Å². The molecule has 2 rings (SSSR count). The molecule has 0 aliphatic carbocycles. The number of hydrogen-bond acceptors (Lipinski definition) is 2. The van der Waals surface area contributed by atoms with Gasteiger partial charge in [0.05, 0.1) is 0 Å². The van der Waals surface area contributed by atoms with Gasteiger partial charge < -0.3 is 5.32 Å². The molecule has 1 fully saturated rings. The minimum absolute atomic E-state index is 0.613. The molecule has 1 atom stereocenters. The summed E-state index contributed by atoms with van der Waals surface area (Å²) >= 11 is 0. The van der Waals surface area contributed by atoms with E-state index in [1.54, 1.807) is 0 Å². The predicted octanol–water partition coefficient (Wildman–Crippen LogP) is 3.82. The van der Waals surface area contributed by atoms with E-state index in [9.17, 15) is 0 Å². The van der Waals surface area contributed by atoms with E-state index >= 15 is 0 Å². The van der Waals surface area contributed by atoms with E-state index in [0.717, 1.165) is 19.1 Å². The maximum atomic E-state index is 3.53. The van der Waals surface area contributed by atoms with Crippen molar-refractivity contribution in [2.75, 3.05) is 13.1 Å². The third-order valence-electron chi connectivity index (χ3n) is 4.24. The quantitative estimate of drug-likeness (QED) is 0.760. The topological polar surface area (TPSA) is 15.3 Å². The summed E-state index contributed by atoms with van der Waals surface area (Å²) in [6.45, 7) is 8.01. The maximum absolute atomic E-state index is 3.53. The Morgan fingerprint density at radius 3 is 2.75 bits per heavy atom. The summed E-state index contributed by atoms with van der Waals surface area (Å²) in [5.41, 5.74) is 1.46. The molecule has 0 aromatic heterocycles. The van der Waals surface area contributed by atoms with Crippen LogP contribution in [0.4, 0.5) is 0 Å². The minimum atomic E-state index is 0.613. The van der Waals surface area contributed by atoms with Crippen LogP contribution in [-0.4, -0.2) is 30.1 Å². The number of piperidine rings is 1. The van der Waals surface area contributed by atoms with Gasteiger partial charge in [0.2, 0.25) is 0 Å². The monoisotopic (exact) mass is 274 g/mol. The lowest BCUT2D eigenvalue weighted by Crippen LogP contribution is -2.39. The molecule has 20 heavy (non-hydrogen) atoms. The van der Waals surface area contributed by atoms with E-state index in [2.05, 4.69) is 54.4 Å². The Hall–Kier alpha value is -0.860. The second-order valence-corrected chi connectivity index (χ2v) is 6.36. The van der Waals surface area contributed by atoms with E-state index in [1.807, 2.05) is 0 Å². The summed E-state index contributed by atoms with van der Waals surface area (Å²) in [7, 11) is 0. The maximum Gasteiger partial charge on any atom is 0.0236 e. The molecule has 1 saturated heterocycles. The number of benzene rings is 1. The van der Waals surface area contributed by atoms with Gasteiger partial charge in [-0.2, -0.15) is 0 Å². The lowest BCUT2D eigenvalue weighted by molar-refractivity contribution is 0.130. The first-order chi connectivity index (χ1) is 9.75. The average Bonchev–Trinajstić information content (AvgIpc) is 2.46. The second kappa shape index (κ2) is 8.43. The van der Waals surface area contributed by atoms with Crippen LogP contribution in [0.1, 0.15) is 51.5 Å². The molecule has 1 unspecified atom stereocenters. The number of likely N-dealkylation sites (tertiary alicyclic amines) is 1. The minimum Gasteiger partial charge on any atom is -0.315 e. The van der Waals surface area contributed by atoms with Gasteiger partial charge in [-0.1, -0.05) is 50.6 Å². The number of nitrogens with one attached hydrogen (secondary N) is 1. The van der Waals surface area contributed by atoms with Crippen LogP contribution in [0.5, 0.6) is 0 Å². The highest BCUT2D eigenvalue weighted by Gasteiger charge is 2.21. The van der Waals surface area contributed by atoms with Crippen LogP contribution in [0.15, 0.2) is 30.3 Å². The largest absolute Gasteiger partial charge is 0.315 e. The molecule has 0 bridgehead atoms. The van der Waals surface area contributed by atoms with Crippen LogP contribution in [0.2, 0.25) is 0 Å². The van der Waals surface area contributed by atoms with Crippen LogP contribution in [0.25, 0.3) is 0 Å². The van der Waals surface area contributed by atoms with E-state index in [-0.39, 0.29) is 0 Å². The number of rotatable bonds is 7. The van der Waals surface area contributed by atoms with Crippen LogP contribution >= 0.6 is 0 Å². The number of nitrogens with zero attached hydrogens (tertiary/aromatic N) is 1. The van der Waals surface area contributed by atoms with Gasteiger partial charge in [-0.05, 0) is 44.3 Å². The molecule has 2 heteroatoms. The van der Waals surface area contributed by atoms with E-state index in [4.69, 9.17) is 0 Å². The van der Waals surface area contributed by atoms with Crippen molar-refractivity contribution >= 4 is 0 Å². The van der Waals surface area contributed by atoms with Gasteiger partial charge in [0, 0.05) is 18.6 Å². The fraction of sp³-hybridized carbons (Fsp3) is 0.667. The molecular weight excluding hydrogens is 244 g/mol. The number of hydrogen-bond donors (Lipinski definition) is 1. The van der Waals surface area contributed by atoms with Gasteiger partial charge in [0.15, 0.2) is 0 Å². The predicted molar refractivity (Wildman–Crippen MR) is 86.9 cm³/mol. The molecule has 1 aliphatic rings. The molecule has 1 aromatic carbocycles. The summed E-state index contributed by atoms with van der Waals surface area (Å²) in [5.74, 6) is 0. The van der Waals surface area contributed by atoms with Crippen molar-refractivity contribution in [3.05, 3.63) is 35.9 Å². The van der Waals surface area contributed by atoms with Crippen LogP contribution in [-0.2, 0) is 6.54 Å². The average molecular weight is 274 g/mol. The molecule has 1 aromatic rings. The Morgan fingerprint density at radius 2 is 2.00 bits per heavy atom. The lowest BCUT2D eigenvalue weighted by atomic mass is 9.97. The van der Waals surface area contributed by atoms with Gasteiger partial charge in [-0.3, -0.25) is 4.90 Å². The van der Waals surface area contributed by atoms with Crippen molar-refractivity contribution in [2.45, 2.75) is 64.6 Å². The molecule has 1 heterocycles. The molecule has 0 radical (unpaired) electrons. The first kappa shape index (κ1) is 15.5. The zero-order chi connectivity index (χ0) is 14.2. The van der Waals surface area contributed by atoms with Gasteiger partial charge in [-0.15, -0.1) is 0 Å². The van der Waals surface area contributed by atoms with Crippen molar-refractivity contribution in [3.63, 3.8) is 0 Å². The molecule has 1 aliphatic heterocycles. The van der Waals surface area contributed by atoms with Crippen molar-refractivity contribution in [3.8, 4) is 0 Å². The zero-order valence-corrected chi connectivity index (χ0v) is 13.1. The smallest absolute Gasteiger partial charge is 0.0236 e. The lowest BCUT2D eigenvalue weighted by Gasteiger charge is -2.36. The summed E-state index contributed by atoms with van der Waals surface area (Å²) in [5, 5.41) is 3.53. The zero-order valence-electron chi connectivity index (χ0n) is 13.1. The Balaban J connectivity index is 1.79. The highest BCUT2D eigenvalue weighted by atomic mass is 15.2. The normalized spacial score (nSPS) is 20.4. The SMILES string of the molecule is CC(C)NCCCC1CCCCN1Cc1ccccc1. The second-order valence-electron chi connectivity index (χ2n) is 6.36. The van der Waals surface area contributed by atoms with Crippen LogP contribution in [0.3, 0.4) is 0 Å². The van der Waals surface area contributed by atoms with Gasteiger partial charge >= 0.3 is 0 Å². The van der Waals surface area contributed by atoms with E-state index in [0.29, 0.717) is 6.04 Å². The molecule has 2 nitrogen and oxygen atoms in total. The summed E-state index contributed by atoms with van der Waals surface area (Å²) in [6, 6.07) is 12.3. The summed E-state index contributed by atoms with van der Waals surface area (Å²) in [4.78, 5) is 2.70. The fourth-order valence-electron chi connectivity index (χ4n) is 3.14. The standard InChI is InChI=1S/C18H30N2/c1-16(2)19-13-8-12-18-11-6-7-14-20(18)15-17-9-4-3-5-10-17/h3-5,9-10,16,18-19H,6-8,11-15H2,1-2H3. The molecule has 0 spiro atoms. The van der Waals surface area contributed by atoms with Crippen molar-refractivity contribution in [1.82, 2.24) is 10.2 Å².